The minimum Gasteiger partial charge on any atom is -0.328 e. The second-order valence-corrected chi connectivity index (χ2v) is 7.07. The number of hydrogen-bond acceptors (Lipinski definition) is 4. The van der Waals surface area contributed by atoms with Crippen molar-refractivity contribution in [1.82, 2.24) is 29.9 Å². The summed E-state index contributed by atoms with van der Waals surface area (Å²) in [5.41, 5.74) is 2.46. The Labute approximate surface area is 152 Å². The zero-order chi connectivity index (χ0) is 18.3. The minimum atomic E-state index is -0.0736. The highest BCUT2D eigenvalue weighted by Crippen LogP contribution is 2.28. The van der Waals surface area contributed by atoms with Crippen LogP contribution in [-0.2, 0) is 6.54 Å². The lowest BCUT2D eigenvalue weighted by molar-refractivity contribution is 0.0676. The third-order valence-electron chi connectivity index (χ3n) is 4.78. The van der Waals surface area contributed by atoms with Crippen molar-refractivity contribution < 1.29 is 4.79 Å². The molecular weight excluding hydrogens is 328 g/mol. The number of benzene rings is 1. The molecule has 4 rings (SSSR count). The maximum absolute atomic E-state index is 12.9. The summed E-state index contributed by atoms with van der Waals surface area (Å²) in [6.45, 7) is 7.26. The van der Waals surface area contributed by atoms with Crippen molar-refractivity contribution >= 4 is 5.91 Å². The summed E-state index contributed by atoms with van der Waals surface area (Å²) in [6, 6.07) is 11.9. The molecule has 26 heavy (non-hydrogen) atoms. The van der Waals surface area contributed by atoms with Crippen LogP contribution >= 0.6 is 0 Å². The Morgan fingerprint density at radius 1 is 1.23 bits per heavy atom. The van der Waals surface area contributed by atoms with Gasteiger partial charge in [0.05, 0.1) is 12.6 Å². The minimum absolute atomic E-state index is 0.0736. The SMILES string of the molecule is CC(C)c1cc(C(=O)N2Cc3nnc(-c4ccccc4)n3[C@@H](C)C2)n[nH]1. The maximum Gasteiger partial charge on any atom is 0.274 e. The number of aromatic amines is 1. The van der Waals surface area contributed by atoms with Gasteiger partial charge in [-0.1, -0.05) is 44.2 Å². The summed E-state index contributed by atoms with van der Waals surface area (Å²) in [6.07, 6.45) is 0. The number of aromatic nitrogens is 5. The van der Waals surface area contributed by atoms with Crippen LogP contribution in [0.2, 0.25) is 0 Å². The lowest BCUT2D eigenvalue weighted by Crippen LogP contribution is -2.40. The molecule has 1 aliphatic heterocycles. The van der Waals surface area contributed by atoms with Crippen LogP contribution in [0.1, 0.15) is 54.7 Å². The van der Waals surface area contributed by atoms with Gasteiger partial charge in [-0.2, -0.15) is 5.10 Å². The Morgan fingerprint density at radius 2 is 2.00 bits per heavy atom. The van der Waals surface area contributed by atoms with Crippen LogP contribution in [0.25, 0.3) is 11.4 Å². The summed E-state index contributed by atoms with van der Waals surface area (Å²) >= 11 is 0. The van der Waals surface area contributed by atoms with Gasteiger partial charge in [-0.15, -0.1) is 10.2 Å². The molecule has 0 saturated heterocycles. The Hall–Kier alpha value is -2.96. The molecule has 1 atom stereocenters. The van der Waals surface area contributed by atoms with Crippen molar-refractivity contribution in [2.24, 2.45) is 0 Å². The number of hydrogen-bond donors (Lipinski definition) is 1. The highest BCUT2D eigenvalue weighted by molar-refractivity contribution is 5.92. The molecule has 2 aromatic heterocycles. The van der Waals surface area contributed by atoms with Crippen LogP contribution in [-0.4, -0.2) is 42.3 Å². The van der Waals surface area contributed by atoms with Crippen molar-refractivity contribution in [1.29, 1.82) is 0 Å². The first-order chi connectivity index (χ1) is 12.5. The van der Waals surface area contributed by atoms with Gasteiger partial charge < -0.3 is 9.47 Å². The van der Waals surface area contributed by atoms with Crippen LogP contribution < -0.4 is 0 Å². The summed E-state index contributed by atoms with van der Waals surface area (Å²) in [7, 11) is 0. The number of nitrogens with zero attached hydrogens (tertiary/aromatic N) is 5. The van der Waals surface area contributed by atoms with Crippen LogP contribution in [0.3, 0.4) is 0 Å². The third kappa shape index (κ3) is 2.79. The smallest absolute Gasteiger partial charge is 0.274 e. The monoisotopic (exact) mass is 350 g/mol. The second kappa shape index (κ2) is 6.40. The van der Waals surface area contributed by atoms with E-state index in [1.807, 2.05) is 36.4 Å². The first-order valence-electron chi connectivity index (χ1n) is 8.88. The molecule has 7 nitrogen and oxygen atoms in total. The number of rotatable bonds is 3. The molecule has 0 fully saturated rings. The van der Waals surface area contributed by atoms with E-state index >= 15 is 0 Å². The standard InChI is InChI=1S/C19H22N6O/c1-12(2)15-9-16(21-20-15)19(26)24-10-13(3)25-17(11-24)22-23-18(25)14-7-5-4-6-8-14/h4-9,12-13H,10-11H2,1-3H3,(H,20,21)/t13-/m0/s1. The Morgan fingerprint density at radius 3 is 2.69 bits per heavy atom. The quantitative estimate of drug-likeness (QED) is 0.787. The van der Waals surface area contributed by atoms with E-state index in [1.54, 1.807) is 4.90 Å². The van der Waals surface area contributed by atoms with Crippen molar-refractivity contribution in [3.63, 3.8) is 0 Å². The van der Waals surface area contributed by atoms with Gasteiger partial charge >= 0.3 is 0 Å². The Bertz CT molecular complexity index is 927. The highest BCUT2D eigenvalue weighted by Gasteiger charge is 2.31. The molecule has 0 bridgehead atoms. The van der Waals surface area contributed by atoms with Gasteiger partial charge in [0.15, 0.2) is 11.6 Å². The van der Waals surface area contributed by atoms with Crippen molar-refractivity contribution in [2.75, 3.05) is 6.54 Å². The van der Waals surface area contributed by atoms with Crippen LogP contribution in [0.15, 0.2) is 36.4 Å². The fourth-order valence-corrected chi connectivity index (χ4v) is 3.37. The Balaban J connectivity index is 1.60. The van der Waals surface area contributed by atoms with E-state index in [2.05, 4.69) is 45.7 Å². The van der Waals surface area contributed by atoms with E-state index in [0.717, 1.165) is 22.9 Å². The van der Waals surface area contributed by atoms with E-state index < -0.39 is 0 Å². The summed E-state index contributed by atoms with van der Waals surface area (Å²) < 4.78 is 2.13. The predicted molar refractivity (Wildman–Crippen MR) is 97.6 cm³/mol. The van der Waals surface area contributed by atoms with Crippen molar-refractivity contribution in [2.45, 2.75) is 39.3 Å². The molecule has 1 aromatic carbocycles. The van der Waals surface area contributed by atoms with E-state index in [9.17, 15) is 4.79 Å². The molecule has 0 spiro atoms. The maximum atomic E-state index is 12.9. The molecule has 3 aromatic rings. The van der Waals surface area contributed by atoms with Crippen molar-refractivity contribution in [3.05, 3.63) is 53.6 Å². The number of H-pyrrole nitrogens is 1. The summed E-state index contributed by atoms with van der Waals surface area (Å²) in [4.78, 5) is 14.6. The fraction of sp³-hybridized carbons (Fsp3) is 0.368. The average Bonchev–Trinajstić information content (AvgIpc) is 3.29. The lowest BCUT2D eigenvalue weighted by atomic mass is 10.1. The second-order valence-electron chi connectivity index (χ2n) is 7.07. The largest absolute Gasteiger partial charge is 0.328 e. The molecular formula is C19H22N6O. The van der Waals surface area contributed by atoms with E-state index in [4.69, 9.17) is 0 Å². The van der Waals surface area contributed by atoms with Gasteiger partial charge in [-0.25, -0.2) is 0 Å². The number of nitrogens with one attached hydrogen (secondary N) is 1. The van der Waals surface area contributed by atoms with Gasteiger partial charge in [-0.3, -0.25) is 9.89 Å². The average molecular weight is 350 g/mol. The molecule has 1 aliphatic rings. The van der Waals surface area contributed by atoms with Gasteiger partial charge in [-0.05, 0) is 18.9 Å². The fourth-order valence-electron chi connectivity index (χ4n) is 3.37. The van der Waals surface area contributed by atoms with Crippen molar-refractivity contribution in [3.8, 4) is 11.4 Å². The zero-order valence-corrected chi connectivity index (χ0v) is 15.2. The predicted octanol–water partition coefficient (Wildman–Crippen LogP) is 3.01. The molecule has 3 heterocycles. The normalized spacial score (nSPS) is 16.8. The lowest BCUT2D eigenvalue weighted by Gasteiger charge is -2.32. The molecule has 0 saturated carbocycles. The zero-order valence-electron chi connectivity index (χ0n) is 15.2. The first-order valence-corrected chi connectivity index (χ1v) is 8.88. The van der Waals surface area contributed by atoms with Gasteiger partial charge in [0, 0.05) is 17.8 Å². The molecule has 1 amide bonds. The Kier molecular flexibility index (Phi) is 4.06. The van der Waals surface area contributed by atoms with Gasteiger partial charge in [0.25, 0.3) is 5.91 Å². The van der Waals surface area contributed by atoms with E-state index in [0.29, 0.717) is 24.7 Å². The number of carbonyl (C=O) groups is 1. The molecule has 0 unspecified atom stereocenters. The van der Waals surface area contributed by atoms with E-state index in [-0.39, 0.29) is 11.9 Å². The van der Waals surface area contributed by atoms with E-state index in [1.165, 1.54) is 0 Å². The number of carbonyl (C=O) groups excluding carboxylic acids is 1. The first kappa shape index (κ1) is 16.5. The summed E-state index contributed by atoms with van der Waals surface area (Å²) in [5, 5.41) is 15.8. The number of amides is 1. The molecule has 1 N–H and O–H groups in total. The number of fused-ring (bicyclic) bond motifs is 1. The molecule has 7 heteroatoms. The van der Waals surface area contributed by atoms with Crippen LogP contribution in [0, 0.1) is 0 Å². The summed E-state index contributed by atoms with van der Waals surface area (Å²) in [5.74, 6) is 1.88. The highest BCUT2D eigenvalue weighted by atomic mass is 16.2. The molecule has 134 valence electrons. The topological polar surface area (TPSA) is 79.7 Å². The van der Waals surface area contributed by atoms with Gasteiger partial charge in [0.1, 0.15) is 5.69 Å². The van der Waals surface area contributed by atoms with Gasteiger partial charge in [0.2, 0.25) is 0 Å². The molecule has 0 aliphatic carbocycles. The van der Waals surface area contributed by atoms with Crippen LogP contribution in [0.5, 0.6) is 0 Å². The third-order valence-corrected chi connectivity index (χ3v) is 4.78. The van der Waals surface area contributed by atoms with Crippen LogP contribution in [0.4, 0.5) is 0 Å². The molecule has 0 radical (unpaired) electrons.